The molecule has 0 aromatic carbocycles. The summed E-state index contributed by atoms with van der Waals surface area (Å²) in [7, 11) is 0. The molecule has 0 spiro atoms. The minimum Gasteiger partial charge on any atom is -0.383 e. The van der Waals surface area contributed by atoms with Gasteiger partial charge >= 0.3 is 0 Å². The van der Waals surface area contributed by atoms with E-state index in [9.17, 15) is 0 Å². The SMILES string of the molecule is Cl.Nc1nc(N2CCSCC2)nc2sc3c(c12)CCCCC3. The van der Waals surface area contributed by atoms with Crippen LogP contribution in [0, 0.1) is 0 Å². The summed E-state index contributed by atoms with van der Waals surface area (Å²) in [5, 5.41) is 1.15. The van der Waals surface area contributed by atoms with Crippen LogP contribution in [-0.2, 0) is 12.8 Å². The molecule has 1 aliphatic heterocycles. The maximum atomic E-state index is 6.31. The van der Waals surface area contributed by atoms with Crippen LogP contribution in [0.3, 0.4) is 0 Å². The first-order valence-electron chi connectivity index (χ1n) is 7.73. The minimum atomic E-state index is 0. The van der Waals surface area contributed by atoms with E-state index in [0.29, 0.717) is 5.82 Å². The number of nitrogen functional groups attached to an aromatic ring is 1. The van der Waals surface area contributed by atoms with Crippen LogP contribution in [-0.4, -0.2) is 34.6 Å². The van der Waals surface area contributed by atoms with Crippen molar-refractivity contribution in [1.82, 2.24) is 9.97 Å². The highest BCUT2D eigenvalue weighted by Gasteiger charge is 2.21. The second-order valence-electron chi connectivity index (χ2n) is 5.75. The fraction of sp³-hybridized carbons (Fsp3) is 0.600. The molecule has 0 radical (unpaired) electrons. The maximum absolute atomic E-state index is 6.31. The lowest BCUT2D eigenvalue weighted by atomic mass is 10.1. The average molecular weight is 357 g/mol. The molecule has 1 saturated heterocycles. The molecule has 0 unspecified atom stereocenters. The van der Waals surface area contributed by atoms with Crippen LogP contribution in [0.15, 0.2) is 0 Å². The van der Waals surface area contributed by atoms with Crippen molar-refractivity contribution < 1.29 is 0 Å². The summed E-state index contributed by atoms with van der Waals surface area (Å²) < 4.78 is 0. The molecule has 0 bridgehead atoms. The standard InChI is InChI=1S/C15H20N4S2.ClH/c16-13-12-10-4-2-1-3-5-11(10)21-14(12)18-15(17-13)19-6-8-20-9-7-19;/h1-9H2,(H2,16,17,18);1H. The number of hydrogen-bond acceptors (Lipinski definition) is 6. The Kier molecular flexibility index (Phi) is 5.00. The van der Waals surface area contributed by atoms with Gasteiger partial charge in [-0.15, -0.1) is 23.7 Å². The zero-order valence-electron chi connectivity index (χ0n) is 12.5. The zero-order chi connectivity index (χ0) is 14.2. The lowest BCUT2D eigenvalue weighted by Gasteiger charge is -2.26. The predicted octanol–water partition coefficient (Wildman–Crippen LogP) is 3.52. The van der Waals surface area contributed by atoms with Gasteiger partial charge in [0.15, 0.2) is 0 Å². The summed E-state index contributed by atoms with van der Waals surface area (Å²) in [6.45, 7) is 2.06. The number of thioether (sulfide) groups is 1. The van der Waals surface area contributed by atoms with Gasteiger partial charge in [0.2, 0.25) is 5.95 Å². The lowest BCUT2D eigenvalue weighted by molar-refractivity contribution is 0.713. The largest absolute Gasteiger partial charge is 0.383 e. The Labute approximate surface area is 145 Å². The van der Waals surface area contributed by atoms with Crippen LogP contribution in [0.2, 0.25) is 0 Å². The summed E-state index contributed by atoms with van der Waals surface area (Å²) in [6, 6.07) is 0. The molecule has 0 amide bonds. The predicted molar refractivity (Wildman–Crippen MR) is 99.9 cm³/mol. The summed E-state index contributed by atoms with van der Waals surface area (Å²) in [5.74, 6) is 3.83. The van der Waals surface area contributed by atoms with E-state index >= 15 is 0 Å². The number of hydrogen-bond donors (Lipinski definition) is 1. The van der Waals surface area contributed by atoms with Gasteiger partial charge in [-0.05, 0) is 31.2 Å². The Hall–Kier alpha value is -0.720. The van der Waals surface area contributed by atoms with Gasteiger partial charge in [0.05, 0.1) is 5.39 Å². The van der Waals surface area contributed by atoms with Crippen LogP contribution in [0.4, 0.5) is 11.8 Å². The molecule has 120 valence electrons. The van der Waals surface area contributed by atoms with Gasteiger partial charge in [-0.3, -0.25) is 0 Å². The summed E-state index contributed by atoms with van der Waals surface area (Å²) >= 11 is 3.84. The molecule has 0 saturated carbocycles. The van der Waals surface area contributed by atoms with E-state index in [1.807, 2.05) is 23.1 Å². The molecule has 2 aromatic rings. The highest BCUT2D eigenvalue weighted by Crippen LogP contribution is 2.38. The molecule has 1 fully saturated rings. The molecule has 2 aromatic heterocycles. The van der Waals surface area contributed by atoms with Crippen molar-refractivity contribution in [2.75, 3.05) is 35.2 Å². The molecular weight excluding hydrogens is 336 g/mol. The van der Waals surface area contributed by atoms with Crippen LogP contribution >= 0.6 is 35.5 Å². The third-order valence-electron chi connectivity index (χ3n) is 4.37. The van der Waals surface area contributed by atoms with E-state index in [-0.39, 0.29) is 12.4 Å². The van der Waals surface area contributed by atoms with Gasteiger partial charge in [-0.1, -0.05) is 6.42 Å². The fourth-order valence-corrected chi connectivity index (χ4v) is 5.42. The van der Waals surface area contributed by atoms with E-state index in [1.165, 1.54) is 36.1 Å². The number of nitrogens with zero attached hydrogens (tertiary/aromatic N) is 3. The Morgan fingerprint density at radius 2 is 1.77 bits per heavy atom. The lowest BCUT2D eigenvalue weighted by Crippen LogP contribution is -2.33. The van der Waals surface area contributed by atoms with Crippen molar-refractivity contribution in [3.63, 3.8) is 0 Å². The highest BCUT2D eigenvalue weighted by molar-refractivity contribution is 7.99. The first-order chi connectivity index (χ1) is 10.3. The van der Waals surface area contributed by atoms with Crippen molar-refractivity contribution in [3.8, 4) is 0 Å². The quantitative estimate of drug-likeness (QED) is 0.792. The van der Waals surface area contributed by atoms with Crippen LogP contribution in [0.25, 0.3) is 10.2 Å². The number of nitrogens with two attached hydrogens (primary N) is 1. The molecule has 4 rings (SSSR count). The first-order valence-corrected chi connectivity index (χ1v) is 9.70. The van der Waals surface area contributed by atoms with Crippen molar-refractivity contribution in [3.05, 3.63) is 10.4 Å². The van der Waals surface area contributed by atoms with Gasteiger partial charge in [-0.25, -0.2) is 4.98 Å². The van der Waals surface area contributed by atoms with E-state index in [0.717, 1.165) is 47.2 Å². The summed E-state index contributed by atoms with van der Waals surface area (Å²) in [6.07, 6.45) is 6.22. The molecule has 3 heterocycles. The molecular formula is C15H21ClN4S2. The Morgan fingerprint density at radius 1 is 1.00 bits per heavy atom. The van der Waals surface area contributed by atoms with Crippen molar-refractivity contribution in [2.24, 2.45) is 0 Å². The molecule has 4 nitrogen and oxygen atoms in total. The second-order valence-corrected chi connectivity index (χ2v) is 8.06. The number of aryl methyl sites for hydroxylation is 2. The van der Waals surface area contributed by atoms with Gasteiger partial charge < -0.3 is 10.6 Å². The van der Waals surface area contributed by atoms with Gasteiger partial charge in [0.25, 0.3) is 0 Å². The zero-order valence-corrected chi connectivity index (χ0v) is 15.0. The monoisotopic (exact) mass is 356 g/mol. The molecule has 2 N–H and O–H groups in total. The molecule has 22 heavy (non-hydrogen) atoms. The first kappa shape index (κ1) is 16.1. The average Bonchev–Trinajstić information content (AvgIpc) is 2.71. The van der Waals surface area contributed by atoms with Crippen LogP contribution < -0.4 is 10.6 Å². The molecule has 7 heteroatoms. The molecule has 0 atom stereocenters. The second kappa shape index (κ2) is 6.81. The number of anilines is 2. The summed E-state index contributed by atoms with van der Waals surface area (Å²) in [5.41, 5.74) is 7.74. The molecule has 1 aliphatic carbocycles. The third kappa shape index (κ3) is 2.88. The van der Waals surface area contributed by atoms with Gasteiger partial charge in [0, 0.05) is 29.5 Å². The molecule has 2 aliphatic rings. The Morgan fingerprint density at radius 3 is 2.59 bits per heavy atom. The minimum absolute atomic E-state index is 0. The Balaban J connectivity index is 0.00000144. The number of aromatic nitrogens is 2. The smallest absolute Gasteiger partial charge is 0.228 e. The highest BCUT2D eigenvalue weighted by atomic mass is 35.5. The van der Waals surface area contributed by atoms with Gasteiger partial charge in [-0.2, -0.15) is 16.7 Å². The maximum Gasteiger partial charge on any atom is 0.228 e. The fourth-order valence-electron chi connectivity index (χ4n) is 3.26. The Bertz CT molecular complexity index is 667. The summed E-state index contributed by atoms with van der Waals surface area (Å²) in [4.78, 5) is 14.3. The van der Waals surface area contributed by atoms with E-state index < -0.39 is 0 Å². The van der Waals surface area contributed by atoms with E-state index in [2.05, 4.69) is 9.88 Å². The van der Waals surface area contributed by atoms with E-state index in [1.54, 1.807) is 0 Å². The number of rotatable bonds is 1. The normalized spacial score (nSPS) is 18.6. The van der Waals surface area contributed by atoms with Crippen LogP contribution in [0.5, 0.6) is 0 Å². The van der Waals surface area contributed by atoms with Crippen molar-refractivity contribution in [1.29, 1.82) is 0 Å². The topological polar surface area (TPSA) is 55.0 Å². The van der Waals surface area contributed by atoms with E-state index in [4.69, 9.17) is 10.7 Å². The van der Waals surface area contributed by atoms with Crippen LogP contribution in [0.1, 0.15) is 29.7 Å². The third-order valence-corrected chi connectivity index (χ3v) is 6.50. The number of fused-ring (bicyclic) bond motifs is 3. The number of thiophene rings is 1. The number of halogens is 1. The van der Waals surface area contributed by atoms with Gasteiger partial charge in [0.1, 0.15) is 10.6 Å². The van der Waals surface area contributed by atoms with Crippen molar-refractivity contribution >= 4 is 57.5 Å². The van der Waals surface area contributed by atoms with Crippen molar-refractivity contribution in [2.45, 2.75) is 32.1 Å².